The van der Waals surface area contributed by atoms with Crippen molar-refractivity contribution in [2.24, 2.45) is 5.73 Å². The highest BCUT2D eigenvalue weighted by atomic mass is 19.1. The summed E-state index contributed by atoms with van der Waals surface area (Å²) in [5.41, 5.74) is 5.66. The Balaban J connectivity index is 2.69. The minimum Gasteiger partial charge on any atom is -0.503 e. The lowest BCUT2D eigenvalue weighted by molar-refractivity contribution is 0.395. The molecule has 0 saturated heterocycles. The van der Waals surface area contributed by atoms with Crippen molar-refractivity contribution in [3.63, 3.8) is 0 Å². The minimum absolute atomic E-state index is 0.325. The van der Waals surface area contributed by atoms with Crippen LogP contribution in [0.4, 0.5) is 8.78 Å². The Kier molecular flexibility index (Phi) is 3.79. The fourth-order valence-corrected chi connectivity index (χ4v) is 1.05. The van der Waals surface area contributed by atoms with Crippen molar-refractivity contribution in [2.75, 3.05) is 13.1 Å². The number of rotatable bonds is 4. The van der Waals surface area contributed by atoms with E-state index in [9.17, 15) is 8.78 Å². The molecule has 0 atom stereocenters. The van der Waals surface area contributed by atoms with Crippen molar-refractivity contribution in [3.05, 3.63) is 29.3 Å². The summed E-state index contributed by atoms with van der Waals surface area (Å²) < 4.78 is 25.6. The number of hydrogen-bond donors (Lipinski definition) is 3. The van der Waals surface area contributed by atoms with Gasteiger partial charge in [-0.1, -0.05) is 0 Å². The third-order valence-electron chi connectivity index (χ3n) is 1.73. The number of aromatic hydroxyl groups is 1. The molecule has 4 N–H and O–H groups in total. The van der Waals surface area contributed by atoms with Gasteiger partial charge in [-0.2, -0.15) is 0 Å². The standard InChI is InChI=1S/C9H12F2N2O/c10-7-3-6(5-13-2-1-12)4-8(11)9(7)14/h3-4,13-14H,1-2,5,12H2. The van der Waals surface area contributed by atoms with Crippen LogP contribution in [0.2, 0.25) is 0 Å². The Bertz CT molecular complexity index is 295. The molecule has 0 aliphatic heterocycles. The van der Waals surface area contributed by atoms with Gasteiger partial charge in [-0.25, -0.2) is 8.78 Å². The number of phenols is 1. The lowest BCUT2D eigenvalue weighted by atomic mass is 10.2. The molecule has 0 aliphatic carbocycles. The van der Waals surface area contributed by atoms with Gasteiger partial charge in [0.25, 0.3) is 0 Å². The molecule has 1 aromatic carbocycles. The second-order valence-corrected chi connectivity index (χ2v) is 2.87. The zero-order valence-electron chi connectivity index (χ0n) is 7.56. The fraction of sp³-hybridized carbons (Fsp3) is 0.333. The maximum absolute atomic E-state index is 12.8. The van der Waals surface area contributed by atoms with Crippen LogP contribution in [0.1, 0.15) is 5.56 Å². The molecule has 78 valence electrons. The summed E-state index contributed by atoms with van der Waals surface area (Å²) in [6, 6.07) is 2.17. The van der Waals surface area contributed by atoms with Crippen LogP contribution >= 0.6 is 0 Å². The van der Waals surface area contributed by atoms with Crippen molar-refractivity contribution in [1.82, 2.24) is 5.32 Å². The molecular formula is C9H12F2N2O. The van der Waals surface area contributed by atoms with Crippen molar-refractivity contribution in [1.29, 1.82) is 0 Å². The molecule has 0 aliphatic rings. The summed E-state index contributed by atoms with van der Waals surface area (Å²) in [5, 5.41) is 11.7. The van der Waals surface area contributed by atoms with Crippen molar-refractivity contribution in [2.45, 2.75) is 6.54 Å². The van der Waals surface area contributed by atoms with Gasteiger partial charge < -0.3 is 16.2 Å². The van der Waals surface area contributed by atoms with Crippen LogP contribution in [0.3, 0.4) is 0 Å². The van der Waals surface area contributed by atoms with Gasteiger partial charge in [0.15, 0.2) is 17.4 Å². The first-order valence-corrected chi connectivity index (χ1v) is 4.23. The molecule has 5 heteroatoms. The first kappa shape index (κ1) is 10.9. The molecule has 0 unspecified atom stereocenters. The van der Waals surface area contributed by atoms with Gasteiger partial charge in [0.2, 0.25) is 0 Å². The molecule has 1 rings (SSSR count). The number of phenolic OH excluding ortho intramolecular Hbond substituents is 1. The Hall–Kier alpha value is -1.20. The largest absolute Gasteiger partial charge is 0.503 e. The molecular weight excluding hydrogens is 190 g/mol. The van der Waals surface area contributed by atoms with Gasteiger partial charge >= 0.3 is 0 Å². The first-order chi connectivity index (χ1) is 6.65. The molecule has 0 aromatic heterocycles. The van der Waals surface area contributed by atoms with E-state index in [2.05, 4.69) is 5.32 Å². The molecule has 1 aromatic rings. The first-order valence-electron chi connectivity index (χ1n) is 4.23. The summed E-state index contributed by atoms with van der Waals surface area (Å²) in [5.74, 6) is -2.84. The number of nitrogens with two attached hydrogens (primary N) is 1. The maximum atomic E-state index is 12.8. The van der Waals surface area contributed by atoms with Crippen LogP contribution in [0, 0.1) is 11.6 Å². The van der Waals surface area contributed by atoms with Gasteiger partial charge in [-0.3, -0.25) is 0 Å². The average molecular weight is 202 g/mol. The second-order valence-electron chi connectivity index (χ2n) is 2.87. The Morgan fingerprint density at radius 2 is 1.86 bits per heavy atom. The number of benzene rings is 1. The van der Waals surface area contributed by atoms with Crippen LogP contribution < -0.4 is 11.1 Å². The highest BCUT2D eigenvalue weighted by Gasteiger charge is 2.08. The van der Waals surface area contributed by atoms with Gasteiger partial charge in [0.05, 0.1) is 0 Å². The molecule has 0 saturated carbocycles. The Labute approximate surface area is 80.5 Å². The van der Waals surface area contributed by atoms with E-state index in [1.54, 1.807) is 0 Å². The molecule has 0 fully saturated rings. The van der Waals surface area contributed by atoms with E-state index in [0.717, 1.165) is 12.1 Å². The topological polar surface area (TPSA) is 58.3 Å². The zero-order valence-corrected chi connectivity index (χ0v) is 7.56. The highest BCUT2D eigenvalue weighted by Crippen LogP contribution is 2.21. The van der Waals surface area contributed by atoms with Crippen molar-refractivity contribution >= 4 is 0 Å². The van der Waals surface area contributed by atoms with E-state index >= 15 is 0 Å². The third-order valence-corrected chi connectivity index (χ3v) is 1.73. The molecule has 14 heavy (non-hydrogen) atoms. The monoisotopic (exact) mass is 202 g/mol. The summed E-state index contributed by atoms with van der Waals surface area (Å²) in [6.07, 6.45) is 0. The number of halogens is 2. The van der Waals surface area contributed by atoms with Crippen molar-refractivity contribution in [3.8, 4) is 5.75 Å². The van der Waals surface area contributed by atoms with E-state index in [1.165, 1.54) is 0 Å². The van der Waals surface area contributed by atoms with Gasteiger partial charge in [-0.15, -0.1) is 0 Å². The van der Waals surface area contributed by atoms with E-state index in [0.29, 0.717) is 25.2 Å². The summed E-state index contributed by atoms with van der Waals surface area (Å²) in [6.45, 7) is 1.36. The van der Waals surface area contributed by atoms with Crippen LogP contribution in [0.15, 0.2) is 12.1 Å². The summed E-state index contributed by atoms with van der Waals surface area (Å²) in [4.78, 5) is 0. The quantitative estimate of drug-likeness (QED) is 0.630. The molecule has 0 radical (unpaired) electrons. The van der Waals surface area contributed by atoms with E-state index < -0.39 is 17.4 Å². The highest BCUT2D eigenvalue weighted by molar-refractivity contribution is 5.29. The van der Waals surface area contributed by atoms with Crippen molar-refractivity contribution < 1.29 is 13.9 Å². The number of nitrogens with one attached hydrogen (secondary N) is 1. The predicted octanol–water partition coefficient (Wildman–Crippen LogP) is 0.719. The summed E-state index contributed by atoms with van der Waals surface area (Å²) >= 11 is 0. The lowest BCUT2D eigenvalue weighted by Gasteiger charge is -2.05. The lowest BCUT2D eigenvalue weighted by Crippen LogP contribution is -2.21. The number of hydrogen-bond acceptors (Lipinski definition) is 3. The van der Waals surface area contributed by atoms with Crippen LogP contribution in [0.25, 0.3) is 0 Å². The molecule has 3 nitrogen and oxygen atoms in total. The second kappa shape index (κ2) is 4.88. The Morgan fingerprint density at radius 3 is 2.36 bits per heavy atom. The van der Waals surface area contributed by atoms with Crippen LogP contribution in [-0.4, -0.2) is 18.2 Å². The SMILES string of the molecule is NCCNCc1cc(F)c(O)c(F)c1. The normalized spacial score (nSPS) is 10.5. The summed E-state index contributed by atoms with van der Waals surface area (Å²) in [7, 11) is 0. The average Bonchev–Trinajstić information content (AvgIpc) is 2.14. The van der Waals surface area contributed by atoms with Crippen LogP contribution in [0.5, 0.6) is 5.75 Å². The molecule has 0 amide bonds. The fourth-order valence-electron chi connectivity index (χ4n) is 1.05. The van der Waals surface area contributed by atoms with E-state index in [4.69, 9.17) is 10.8 Å². The predicted molar refractivity (Wildman–Crippen MR) is 48.8 cm³/mol. The maximum Gasteiger partial charge on any atom is 0.187 e. The van der Waals surface area contributed by atoms with Gasteiger partial charge in [0, 0.05) is 19.6 Å². The molecule has 0 heterocycles. The zero-order chi connectivity index (χ0) is 10.6. The molecule has 0 bridgehead atoms. The minimum atomic E-state index is -0.949. The van der Waals surface area contributed by atoms with E-state index in [1.807, 2.05) is 0 Å². The smallest absolute Gasteiger partial charge is 0.187 e. The van der Waals surface area contributed by atoms with Gasteiger partial charge in [0.1, 0.15) is 0 Å². The van der Waals surface area contributed by atoms with Crippen LogP contribution in [-0.2, 0) is 6.54 Å². The van der Waals surface area contributed by atoms with Gasteiger partial charge in [-0.05, 0) is 17.7 Å². The Morgan fingerprint density at radius 1 is 1.29 bits per heavy atom. The third kappa shape index (κ3) is 2.65. The van der Waals surface area contributed by atoms with E-state index in [-0.39, 0.29) is 0 Å². The molecule has 0 spiro atoms.